The molecule has 0 spiro atoms. The fourth-order valence-electron chi connectivity index (χ4n) is 3.10. The summed E-state index contributed by atoms with van der Waals surface area (Å²) in [6.45, 7) is 0.984. The first-order chi connectivity index (χ1) is 11.2. The van der Waals surface area contributed by atoms with Gasteiger partial charge in [-0.2, -0.15) is 0 Å². The first-order valence-electron chi connectivity index (χ1n) is 7.89. The van der Waals surface area contributed by atoms with Crippen LogP contribution in [-0.4, -0.2) is 31.5 Å². The lowest BCUT2D eigenvalue weighted by Gasteiger charge is -2.34. The molecule has 0 radical (unpaired) electrons. The van der Waals surface area contributed by atoms with Crippen molar-refractivity contribution in [3.63, 3.8) is 0 Å². The average Bonchev–Trinajstić information content (AvgIpc) is 2.58. The molecule has 1 unspecified atom stereocenters. The number of anilines is 1. The van der Waals surface area contributed by atoms with E-state index in [4.69, 9.17) is 4.74 Å². The maximum Gasteiger partial charge on any atom is 0.226 e. The highest BCUT2D eigenvalue weighted by Gasteiger charge is 2.26. The zero-order valence-electron chi connectivity index (χ0n) is 13.6. The van der Waals surface area contributed by atoms with E-state index < -0.39 is 0 Å². The number of hydrogen-bond donors (Lipinski definition) is 1. The summed E-state index contributed by atoms with van der Waals surface area (Å²) in [6, 6.07) is 16.0. The number of carbonyl (C=O) groups excluding carboxylic acids is 1. The van der Waals surface area contributed by atoms with Gasteiger partial charge in [0.1, 0.15) is 5.75 Å². The maximum absolute atomic E-state index is 12.4. The van der Waals surface area contributed by atoms with Crippen molar-refractivity contribution < 1.29 is 9.53 Å². The molecule has 1 N–H and O–H groups in total. The first kappa shape index (κ1) is 15.6. The Kier molecular flexibility index (Phi) is 4.63. The van der Waals surface area contributed by atoms with Gasteiger partial charge >= 0.3 is 0 Å². The van der Waals surface area contributed by atoms with E-state index in [-0.39, 0.29) is 11.9 Å². The third-order valence-electron chi connectivity index (χ3n) is 4.43. The molecule has 0 saturated carbocycles. The molecule has 2 aromatic carbocycles. The van der Waals surface area contributed by atoms with Crippen LogP contribution < -0.4 is 10.1 Å². The number of nitrogens with one attached hydrogen (secondary N) is 1. The van der Waals surface area contributed by atoms with Gasteiger partial charge < -0.3 is 10.1 Å². The van der Waals surface area contributed by atoms with Crippen LogP contribution in [0, 0.1) is 0 Å². The van der Waals surface area contributed by atoms with Gasteiger partial charge in [-0.1, -0.05) is 24.3 Å². The highest BCUT2D eigenvalue weighted by Crippen LogP contribution is 2.31. The molecule has 1 aliphatic rings. The van der Waals surface area contributed by atoms with Crippen molar-refractivity contribution in [2.24, 2.45) is 0 Å². The number of rotatable bonds is 4. The molecule has 1 heterocycles. The van der Waals surface area contributed by atoms with Crippen LogP contribution in [0.25, 0.3) is 0 Å². The summed E-state index contributed by atoms with van der Waals surface area (Å²) < 4.78 is 5.13. The monoisotopic (exact) mass is 310 g/mol. The number of likely N-dealkylation sites (N-methyl/N-ethyl adjacent to an activating group) is 1. The Labute approximate surface area is 137 Å². The summed E-state index contributed by atoms with van der Waals surface area (Å²) in [5, 5.41) is 2.97. The van der Waals surface area contributed by atoms with E-state index in [1.165, 1.54) is 11.1 Å². The summed E-state index contributed by atoms with van der Waals surface area (Å²) in [7, 11) is 3.71. The molecule has 1 atom stereocenters. The van der Waals surface area contributed by atoms with Gasteiger partial charge in [-0.3, -0.25) is 9.69 Å². The molecule has 1 aliphatic heterocycles. The number of amides is 1. The molecule has 0 fully saturated rings. The molecule has 3 rings (SSSR count). The van der Waals surface area contributed by atoms with Gasteiger partial charge in [0.25, 0.3) is 0 Å². The molecule has 120 valence electrons. The van der Waals surface area contributed by atoms with E-state index in [0.29, 0.717) is 6.42 Å². The van der Waals surface area contributed by atoms with E-state index in [1.54, 1.807) is 7.11 Å². The van der Waals surface area contributed by atoms with E-state index in [2.05, 4.69) is 35.5 Å². The van der Waals surface area contributed by atoms with Crippen LogP contribution >= 0.6 is 0 Å². The highest BCUT2D eigenvalue weighted by molar-refractivity contribution is 5.91. The number of fused-ring (bicyclic) bond motifs is 1. The van der Waals surface area contributed by atoms with Crippen molar-refractivity contribution in [1.82, 2.24) is 4.90 Å². The summed E-state index contributed by atoms with van der Waals surface area (Å²) in [5.74, 6) is 0.813. The minimum atomic E-state index is 0.0312. The quantitative estimate of drug-likeness (QED) is 0.942. The molecular formula is C19H22N2O2. The zero-order valence-corrected chi connectivity index (χ0v) is 13.6. The lowest BCUT2D eigenvalue weighted by molar-refractivity contribution is -0.117. The van der Waals surface area contributed by atoms with Crippen molar-refractivity contribution >= 4 is 11.6 Å². The van der Waals surface area contributed by atoms with Gasteiger partial charge in [-0.15, -0.1) is 0 Å². The van der Waals surface area contributed by atoms with Crippen molar-refractivity contribution in [2.75, 3.05) is 26.0 Å². The molecule has 0 aliphatic carbocycles. The minimum absolute atomic E-state index is 0.0312. The number of nitrogens with zero attached hydrogens (tertiary/aromatic N) is 1. The first-order valence-corrected chi connectivity index (χ1v) is 7.89. The van der Waals surface area contributed by atoms with E-state index in [0.717, 1.165) is 24.4 Å². The van der Waals surface area contributed by atoms with Gasteiger partial charge in [0.2, 0.25) is 5.91 Å². The van der Waals surface area contributed by atoms with E-state index in [1.807, 2.05) is 30.3 Å². The fraction of sp³-hybridized carbons (Fsp3) is 0.316. The molecule has 1 amide bonds. The Balaban J connectivity index is 1.69. The summed E-state index contributed by atoms with van der Waals surface area (Å²) in [5.41, 5.74) is 3.42. The second kappa shape index (κ2) is 6.84. The number of carbonyl (C=O) groups is 1. The minimum Gasteiger partial charge on any atom is -0.497 e. The second-order valence-electron chi connectivity index (χ2n) is 5.93. The van der Waals surface area contributed by atoms with Crippen LogP contribution in [0.3, 0.4) is 0 Å². The number of hydrogen-bond acceptors (Lipinski definition) is 3. The topological polar surface area (TPSA) is 41.6 Å². The largest absolute Gasteiger partial charge is 0.497 e. The fourth-order valence-corrected chi connectivity index (χ4v) is 3.10. The van der Waals surface area contributed by atoms with Gasteiger partial charge in [0.05, 0.1) is 7.11 Å². The molecule has 2 aromatic rings. The molecular weight excluding hydrogens is 288 g/mol. The predicted molar refractivity (Wildman–Crippen MR) is 91.8 cm³/mol. The van der Waals surface area contributed by atoms with E-state index in [9.17, 15) is 4.79 Å². The van der Waals surface area contributed by atoms with Crippen molar-refractivity contribution in [2.45, 2.75) is 18.9 Å². The standard InChI is InChI=1S/C19H22N2O2/c1-21-12-11-14-5-3-4-6-17(14)18(21)13-19(22)20-15-7-9-16(23-2)10-8-15/h3-10,18H,11-13H2,1-2H3,(H,20,22). The lowest BCUT2D eigenvalue weighted by atomic mass is 9.91. The third-order valence-corrected chi connectivity index (χ3v) is 4.43. The molecule has 0 saturated heterocycles. The molecule has 23 heavy (non-hydrogen) atoms. The highest BCUT2D eigenvalue weighted by atomic mass is 16.5. The number of ether oxygens (including phenoxy) is 1. The van der Waals surface area contributed by atoms with Crippen LogP contribution in [0.15, 0.2) is 48.5 Å². The van der Waals surface area contributed by atoms with Crippen LogP contribution in [0.2, 0.25) is 0 Å². The number of benzene rings is 2. The Bertz CT molecular complexity index is 682. The predicted octanol–water partition coefficient (Wildman–Crippen LogP) is 3.25. The summed E-state index contributed by atoms with van der Waals surface area (Å²) >= 11 is 0. The number of methoxy groups -OCH3 is 1. The Hall–Kier alpha value is -2.33. The van der Waals surface area contributed by atoms with Gasteiger partial charge in [0, 0.05) is 24.7 Å². The van der Waals surface area contributed by atoms with E-state index >= 15 is 0 Å². The second-order valence-corrected chi connectivity index (χ2v) is 5.93. The smallest absolute Gasteiger partial charge is 0.226 e. The SMILES string of the molecule is COc1ccc(NC(=O)CC2c3ccccc3CCN2C)cc1. The lowest BCUT2D eigenvalue weighted by Crippen LogP contribution is -2.34. The average molecular weight is 310 g/mol. The Morgan fingerprint density at radius 2 is 1.96 bits per heavy atom. The van der Waals surface area contributed by atoms with Crippen molar-refractivity contribution in [1.29, 1.82) is 0 Å². The van der Waals surface area contributed by atoms with Gasteiger partial charge in [-0.25, -0.2) is 0 Å². The van der Waals surface area contributed by atoms with Crippen LogP contribution in [0.1, 0.15) is 23.6 Å². The normalized spacial score (nSPS) is 17.4. The van der Waals surface area contributed by atoms with Crippen LogP contribution in [-0.2, 0) is 11.2 Å². The third kappa shape index (κ3) is 3.54. The molecule has 4 heteroatoms. The maximum atomic E-state index is 12.4. The van der Waals surface area contributed by atoms with Gasteiger partial charge in [-0.05, 0) is 48.9 Å². The molecule has 0 aromatic heterocycles. The Morgan fingerprint density at radius 3 is 2.70 bits per heavy atom. The van der Waals surface area contributed by atoms with Gasteiger partial charge in [0.15, 0.2) is 0 Å². The summed E-state index contributed by atoms with van der Waals surface area (Å²) in [6.07, 6.45) is 1.50. The zero-order chi connectivity index (χ0) is 16.2. The van der Waals surface area contributed by atoms with Crippen molar-refractivity contribution in [3.05, 3.63) is 59.7 Å². The molecule has 0 bridgehead atoms. The molecule has 4 nitrogen and oxygen atoms in total. The van der Waals surface area contributed by atoms with Crippen LogP contribution in [0.4, 0.5) is 5.69 Å². The summed E-state index contributed by atoms with van der Waals surface area (Å²) in [4.78, 5) is 14.7. The van der Waals surface area contributed by atoms with Crippen molar-refractivity contribution in [3.8, 4) is 5.75 Å². The van der Waals surface area contributed by atoms with Crippen LogP contribution in [0.5, 0.6) is 5.75 Å². The Morgan fingerprint density at radius 1 is 1.22 bits per heavy atom.